The van der Waals surface area contributed by atoms with Crippen molar-refractivity contribution in [2.24, 2.45) is 5.92 Å². The van der Waals surface area contributed by atoms with Gasteiger partial charge in [-0.15, -0.1) is 0 Å². The molecule has 0 bridgehead atoms. The summed E-state index contributed by atoms with van der Waals surface area (Å²) < 4.78 is 0. The Hall–Kier alpha value is -0.410. The van der Waals surface area contributed by atoms with Gasteiger partial charge < -0.3 is 5.32 Å². The first kappa shape index (κ1) is 11.1. The maximum absolute atomic E-state index is 11.4. The van der Waals surface area contributed by atoms with E-state index in [1.54, 1.807) is 6.92 Å². The van der Waals surface area contributed by atoms with E-state index in [2.05, 4.69) is 10.2 Å². The number of carbonyl (C=O) groups excluding carboxylic acids is 1. The van der Waals surface area contributed by atoms with Crippen molar-refractivity contribution >= 4 is 5.78 Å². The van der Waals surface area contributed by atoms with Crippen LogP contribution in [0.5, 0.6) is 0 Å². The van der Waals surface area contributed by atoms with Crippen LogP contribution in [-0.2, 0) is 4.79 Å². The number of hydrogen-bond acceptors (Lipinski definition) is 3. The van der Waals surface area contributed by atoms with Crippen molar-refractivity contribution in [1.82, 2.24) is 10.2 Å². The van der Waals surface area contributed by atoms with Crippen LogP contribution in [0.1, 0.15) is 32.6 Å². The van der Waals surface area contributed by atoms with Crippen LogP contribution in [0.4, 0.5) is 0 Å². The van der Waals surface area contributed by atoms with E-state index in [-0.39, 0.29) is 0 Å². The third-order valence-corrected chi connectivity index (χ3v) is 3.89. The highest BCUT2D eigenvalue weighted by atomic mass is 16.1. The zero-order chi connectivity index (χ0) is 10.7. The summed E-state index contributed by atoms with van der Waals surface area (Å²) in [5.74, 6) is 0.744. The molecular formula is C12H22N2O. The van der Waals surface area contributed by atoms with Crippen LogP contribution >= 0.6 is 0 Å². The van der Waals surface area contributed by atoms with Gasteiger partial charge in [0.2, 0.25) is 0 Å². The van der Waals surface area contributed by atoms with Crippen molar-refractivity contribution in [3.05, 3.63) is 0 Å². The quantitative estimate of drug-likeness (QED) is 0.739. The molecule has 86 valence electrons. The van der Waals surface area contributed by atoms with Crippen LogP contribution in [0.25, 0.3) is 0 Å². The Bertz CT molecular complexity index is 224. The molecular weight excluding hydrogens is 188 g/mol. The highest BCUT2D eigenvalue weighted by Gasteiger charge is 2.29. The van der Waals surface area contributed by atoms with Gasteiger partial charge in [0.1, 0.15) is 5.78 Å². The third-order valence-electron chi connectivity index (χ3n) is 3.89. The van der Waals surface area contributed by atoms with Gasteiger partial charge >= 0.3 is 0 Å². The molecule has 2 aliphatic rings. The number of rotatable bonds is 2. The first-order valence-corrected chi connectivity index (χ1v) is 6.22. The van der Waals surface area contributed by atoms with Crippen LogP contribution in [0.15, 0.2) is 0 Å². The molecule has 0 amide bonds. The molecule has 3 nitrogen and oxygen atoms in total. The highest BCUT2D eigenvalue weighted by Crippen LogP contribution is 2.28. The lowest BCUT2D eigenvalue weighted by Gasteiger charge is -2.39. The van der Waals surface area contributed by atoms with Gasteiger partial charge in [0.25, 0.3) is 0 Å². The highest BCUT2D eigenvalue weighted by molar-refractivity contribution is 5.78. The lowest BCUT2D eigenvalue weighted by atomic mass is 9.82. The molecule has 2 rings (SSSR count). The summed E-state index contributed by atoms with van der Waals surface area (Å²) in [6.45, 7) is 6.30. The van der Waals surface area contributed by atoms with Crippen LogP contribution in [0, 0.1) is 5.92 Å². The Balaban J connectivity index is 1.88. The van der Waals surface area contributed by atoms with E-state index < -0.39 is 0 Å². The maximum Gasteiger partial charge on any atom is 0.132 e. The molecule has 2 fully saturated rings. The summed E-state index contributed by atoms with van der Waals surface area (Å²) in [6.07, 6.45) is 4.76. The van der Waals surface area contributed by atoms with Crippen molar-refractivity contribution in [2.75, 3.05) is 26.2 Å². The number of Topliss-reactive ketones (excluding diaryl/α,β-unsaturated/α-hetero) is 1. The van der Waals surface area contributed by atoms with Gasteiger partial charge in [0.05, 0.1) is 0 Å². The van der Waals surface area contributed by atoms with Crippen molar-refractivity contribution < 1.29 is 4.79 Å². The molecule has 1 N–H and O–H groups in total. The van der Waals surface area contributed by atoms with Crippen LogP contribution < -0.4 is 5.32 Å². The molecule has 1 aliphatic heterocycles. The smallest absolute Gasteiger partial charge is 0.132 e. The van der Waals surface area contributed by atoms with Gasteiger partial charge in [0.15, 0.2) is 0 Å². The van der Waals surface area contributed by atoms with Gasteiger partial charge in [-0.1, -0.05) is 6.42 Å². The lowest BCUT2D eigenvalue weighted by molar-refractivity contribution is -0.122. The number of nitrogens with zero attached hydrogens (tertiary/aromatic N) is 1. The van der Waals surface area contributed by atoms with Crippen LogP contribution in [0.3, 0.4) is 0 Å². The Morgan fingerprint density at radius 3 is 2.67 bits per heavy atom. The van der Waals surface area contributed by atoms with Crippen LogP contribution in [0.2, 0.25) is 0 Å². The molecule has 0 aromatic rings. The summed E-state index contributed by atoms with van der Waals surface area (Å²) in [7, 11) is 0. The number of hydrogen-bond donors (Lipinski definition) is 1. The molecule has 0 aromatic heterocycles. The second-order valence-corrected chi connectivity index (χ2v) is 4.91. The van der Waals surface area contributed by atoms with Crippen molar-refractivity contribution in [2.45, 2.75) is 38.6 Å². The second kappa shape index (κ2) is 5.08. The number of nitrogens with one attached hydrogen (secondary N) is 1. The number of piperazine rings is 1. The average Bonchev–Trinajstić information content (AvgIpc) is 2.30. The van der Waals surface area contributed by atoms with Crippen molar-refractivity contribution in [3.8, 4) is 0 Å². The number of ketones is 1. The first-order chi connectivity index (χ1) is 7.27. The Morgan fingerprint density at radius 1 is 1.27 bits per heavy atom. The molecule has 3 heteroatoms. The summed E-state index contributed by atoms with van der Waals surface area (Å²) in [5.41, 5.74) is 0. The molecule has 0 aromatic carbocycles. The van der Waals surface area contributed by atoms with Gasteiger partial charge in [0, 0.05) is 38.1 Å². The van der Waals surface area contributed by atoms with Crippen LogP contribution in [-0.4, -0.2) is 42.9 Å². The van der Waals surface area contributed by atoms with E-state index in [1.807, 2.05) is 0 Å². The Labute approximate surface area is 92.2 Å². The predicted molar refractivity (Wildman–Crippen MR) is 60.9 cm³/mol. The zero-order valence-electron chi connectivity index (χ0n) is 9.67. The van der Waals surface area contributed by atoms with Gasteiger partial charge in [-0.25, -0.2) is 0 Å². The Morgan fingerprint density at radius 2 is 2.00 bits per heavy atom. The van der Waals surface area contributed by atoms with E-state index >= 15 is 0 Å². The largest absolute Gasteiger partial charge is 0.314 e. The molecule has 2 atom stereocenters. The van der Waals surface area contributed by atoms with E-state index in [0.717, 1.165) is 39.0 Å². The average molecular weight is 210 g/mol. The molecule has 0 unspecified atom stereocenters. The molecule has 1 heterocycles. The molecule has 0 radical (unpaired) electrons. The van der Waals surface area contributed by atoms with E-state index in [1.165, 1.54) is 12.8 Å². The minimum atomic E-state index is 0.346. The maximum atomic E-state index is 11.4. The first-order valence-electron chi connectivity index (χ1n) is 6.22. The second-order valence-electron chi connectivity index (χ2n) is 4.91. The summed E-state index contributed by atoms with van der Waals surface area (Å²) >= 11 is 0. The zero-order valence-corrected chi connectivity index (χ0v) is 9.67. The molecule has 1 saturated heterocycles. The normalized spacial score (nSPS) is 33.9. The topological polar surface area (TPSA) is 32.3 Å². The summed E-state index contributed by atoms with van der Waals surface area (Å²) in [6, 6.07) is 0.676. The molecule has 15 heavy (non-hydrogen) atoms. The van der Waals surface area contributed by atoms with Gasteiger partial charge in [-0.2, -0.15) is 0 Å². The fraction of sp³-hybridized carbons (Fsp3) is 0.917. The molecule has 1 saturated carbocycles. The Kier molecular flexibility index (Phi) is 3.76. The SMILES string of the molecule is CC(=O)[C@H]1CCC[C@@H](N2CCNCC2)C1. The van der Waals surface area contributed by atoms with Crippen molar-refractivity contribution in [1.29, 1.82) is 0 Å². The summed E-state index contributed by atoms with van der Waals surface area (Å²) in [5, 5.41) is 3.38. The van der Waals surface area contributed by atoms with Gasteiger partial charge in [-0.05, 0) is 26.2 Å². The minimum Gasteiger partial charge on any atom is -0.314 e. The minimum absolute atomic E-state index is 0.346. The lowest BCUT2D eigenvalue weighted by Crippen LogP contribution is -2.50. The van der Waals surface area contributed by atoms with E-state index in [4.69, 9.17) is 0 Å². The summed E-state index contributed by atoms with van der Waals surface area (Å²) in [4.78, 5) is 14.0. The van der Waals surface area contributed by atoms with Gasteiger partial charge in [-0.3, -0.25) is 9.69 Å². The fourth-order valence-corrected chi connectivity index (χ4v) is 2.91. The number of carbonyl (C=O) groups is 1. The predicted octanol–water partition coefficient (Wildman–Crippen LogP) is 1.04. The molecule has 0 spiro atoms. The van der Waals surface area contributed by atoms with Crippen molar-refractivity contribution in [3.63, 3.8) is 0 Å². The van der Waals surface area contributed by atoms with E-state index in [9.17, 15) is 4.79 Å². The van der Waals surface area contributed by atoms with E-state index in [0.29, 0.717) is 17.7 Å². The standard InChI is InChI=1S/C12H22N2O/c1-10(15)11-3-2-4-12(9-11)14-7-5-13-6-8-14/h11-13H,2-9H2,1H3/t11-,12+/m0/s1. The monoisotopic (exact) mass is 210 g/mol. The molecule has 1 aliphatic carbocycles. The fourth-order valence-electron chi connectivity index (χ4n) is 2.91. The third kappa shape index (κ3) is 2.79.